The summed E-state index contributed by atoms with van der Waals surface area (Å²) in [5.74, 6) is 0.175. The first-order valence-corrected chi connectivity index (χ1v) is 8.42. The van der Waals surface area contributed by atoms with Crippen molar-refractivity contribution in [2.45, 2.75) is 38.5 Å². The third kappa shape index (κ3) is 3.69. The molecule has 0 spiro atoms. The van der Waals surface area contributed by atoms with E-state index >= 15 is 0 Å². The van der Waals surface area contributed by atoms with Crippen LogP contribution in [0.25, 0.3) is 0 Å². The van der Waals surface area contributed by atoms with E-state index in [0.717, 1.165) is 11.6 Å². The number of rotatable bonds is 4. The summed E-state index contributed by atoms with van der Waals surface area (Å²) >= 11 is 0. The van der Waals surface area contributed by atoms with Crippen LogP contribution in [0, 0.1) is 6.92 Å². The van der Waals surface area contributed by atoms with Crippen molar-refractivity contribution < 1.29 is 18.3 Å². The molecule has 0 heterocycles. The zero-order valence-electron chi connectivity index (χ0n) is 13.3. The van der Waals surface area contributed by atoms with Gasteiger partial charge in [-0.15, -0.1) is 0 Å². The maximum absolute atomic E-state index is 13.2. The number of halogens is 3. The number of benzene rings is 2. The lowest BCUT2D eigenvalue weighted by Crippen LogP contribution is -2.23. The van der Waals surface area contributed by atoms with Crippen LogP contribution in [0.15, 0.2) is 42.5 Å². The van der Waals surface area contributed by atoms with Crippen LogP contribution in [0.2, 0.25) is 0 Å². The maximum atomic E-state index is 13.2. The van der Waals surface area contributed by atoms with E-state index in [1.54, 1.807) is 25.1 Å². The SMILES string of the molecule is CCC(C)(Pc1ccccc1C(F)(F)F)c1cccc(C)c1O. The predicted octanol–water partition coefficient (Wildman–Crippen LogP) is 5.35. The number of hydrogen-bond acceptors (Lipinski definition) is 1. The summed E-state index contributed by atoms with van der Waals surface area (Å²) in [6.07, 6.45) is -3.73. The minimum atomic E-state index is -4.37. The Morgan fingerprint density at radius 3 is 2.22 bits per heavy atom. The standard InChI is InChI=1S/C18H20F3OP/c1-4-17(3,14-10-7-8-12(2)16(14)22)23-15-11-6-5-9-13(15)18(19,20)21/h5-11,22-23H,4H2,1-3H3. The highest BCUT2D eigenvalue weighted by Gasteiger charge is 2.36. The molecule has 0 aliphatic heterocycles. The molecule has 0 aliphatic carbocycles. The van der Waals surface area contributed by atoms with Gasteiger partial charge in [0, 0.05) is 10.7 Å². The highest BCUT2D eigenvalue weighted by molar-refractivity contribution is 7.48. The molecule has 0 fully saturated rings. The van der Waals surface area contributed by atoms with E-state index in [1.165, 1.54) is 12.1 Å². The molecule has 0 amide bonds. The van der Waals surface area contributed by atoms with Crippen molar-refractivity contribution in [2.75, 3.05) is 0 Å². The molecule has 2 atom stereocenters. The second kappa shape index (κ2) is 6.52. The van der Waals surface area contributed by atoms with Gasteiger partial charge in [0.1, 0.15) is 5.75 Å². The third-order valence-corrected chi connectivity index (χ3v) is 6.06. The molecule has 2 rings (SSSR count). The molecule has 2 unspecified atom stereocenters. The van der Waals surface area contributed by atoms with Crippen LogP contribution in [0.4, 0.5) is 13.2 Å². The van der Waals surface area contributed by atoms with E-state index < -0.39 is 16.9 Å². The number of phenolic OH excluding ortho intramolecular Hbond substituents is 1. The van der Waals surface area contributed by atoms with Crippen LogP contribution in [-0.2, 0) is 11.3 Å². The Bertz CT molecular complexity index is 697. The van der Waals surface area contributed by atoms with Crippen molar-refractivity contribution in [2.24, 2.45) is 0 Å². The number of para-hydroxylation sites is 1. The van der Waals surface area contributed by atoms with Gasteiger partial charge in [-0.25, -0.2) is 0 Å². The van der Waals surface area contributed by atoms with Gasteiger partial charge < -0.3 is 5.11 Å². The molecule has 23 heavy (non-hydrogen) atoms. The summed E-state index contributed by atoms with van der Waals surface area (Å²) in [6.45, 7) is 5.64. The topological polar surface area (TPSA) is 20.2 Å². The Morgan fingerprint density at radius 1 is 1.00 bits per heavy atom. The summed E-state index contributed by atoms with van der Waals surface area (Å²) in [6, 6.07) is 11.1. The van der Waals surface area contributed by atoms with Crippen molar-refractivity contribution in [1.29, 1.82) is 0 Å². The average Bonchev–Trinajstić information content (AvgIpc) is 2.49. The van der Waals surface area contributed by atoms with Gasteiger partial charge >= 0.3 is 6.18 Å². The first-order valence-electron chi connectivity index (χ1n) is 7.42. The number of hydrogen-bond donors (Lipinski definition) is 1. The maximum Gasteiger partial charge on any atom is 0.417 e. The molecular weight excluding hydrogens is 320 g/mol. The Hall–Kier alpha value is -1.54. The average molecular weight is 340 g/mol. The second-order valence-electron chi connectivity index (χ2n) is 5.83. The van der Waals surface area contributed by atoms with Gasteiger partial charge in [-0.2, -0.15) is 13.2 Å². The van der Waals surface area contributed by atoms with Crippen LogP contribution in [0.5, 0.6) is 5.75 Å². The molecule has 2 aromatic carbocycles. The fraction of sp³-hybridized carbons (Fsp3) is 0.333. The first kappa shape index (κ1) is 17.8. The van der Waals surface area contributed by atoms with Crippen LogP contribution in [0.3, 0.4) is 0 Å². The quantitative estimate of drug-likeness (QED) is 0.744. The molecule has 0 bridgehead atoms. The number of alkyl halides is 3. The van der Waals surface area contributed by atoms with Gasteiger partial charge in [0.15, 0.2) is 0 Å². The van der Waals surface area contributed by atoms with Crippen molar-refractivity contribution in [3.63, 3.8) is 0 Å². The van der Waals surface area contributed by atoms with Gasteiger partial charge in [0.25, 0.3) is 0 Å². The lowest BCUT2D eigenvalue weighted by molar-refractivity contribution is -0.136. The lowest BCUT2D eigenvalue weighted by Gasteiger charge is -2.31. The molecule has 0 saturated carbocycles. The predicted molar refractivity (Wildman–Crippen MR) is 89.9 cm³/mol. The summed E-state index contributed by atoms with van der Waals surface area (Å²) in [5, 5.41) is 10.1. The van der Waals surface area contributed by atoms with Crippen LogP contribution >= 0.6 is 8.58 Å². The molecule has 1 N–H and O–H groups in total. The van der Waals surface area contributed by atoms with E-state index in [1.807, 2.05) is 19.9 Å². The monoisotopic (exact) mass is 340 g/mol. The largest absolute Gasteiger partial charge is 0.507 e. The lowest BCUT2D eigenvalue weighted by atomic mass is 9.94. The van der Waals surface area contributed by atoms with Crippen molar-refractivity contribution >= 4 is 13.9 Å². The molecule has 124 valence electrons. The van der Waals surface area contributed by atoms with Gasteiger partial charge in [0.05, 0.1) is 5.56 Å². The molecule has 1 nitrogen and oxygen atoms in total. The van der Waals surface area contributed by atoms with E-state index in [0.29, 0.717) is 12.0 Å². The normalized spacial score (nSPS) is 15.0. The zero-order chi connectivity index (χ0) is 17.3. The molecule has 2 aromatic rings. The molecule has 0 aliphatic rings. The number of aromatic hydroxyl groups is 1. The molecular formula is C18H20F3OP. The van der Waals surface area contributed by atoms with Crippen molar-refractivity contribution in [1.82, 2.24) is 0 Å². The summed E-state index contributed by atoms with van der Waals surface area (Å²) in [7, 11) is -0.0889. The van der Waals surface area contributed by atoms with Gasteiger partial charge in [-0.3, -0.25) is 0 Å². The zero-order valence-corrected chi connectivity index (χ0v) is 14.3. The fourth-order valence-electron chi connectivity index (χ4n) is 2.59. The molecule has 0 saturated heterocycles. The highest BCUT2D eigenvalue weighted by Crippen LogP contribution is 2.48. The minimum Gasteiger partial charge on any atom is -0.507 e. The Kier molecular flexibility index (Phi) is 5.05. The van der Waals surface area contributed by atoms with Crippen molar-refractivity contribution in [3.8, 4) is 5.75 Å². The van der Waals surface area contributed by atoms with E-state index in [9.17, 15) is 18.3 Å². The van der Waals surface area contributed by atoms with Gasteiger partial charge in [0.2, 0.25) is 0 Å². The van der Waals surface area contributed by atoms with E-state index in [-0.39, 0.29) is 19.6 Å². The summed E-state index contributed by atoms with van der Waals surface area (Å²) in [5.41, 5.74) is 0.844. The fourth-order valence-corrected chi connectivity index (χ4v) is 4.23. The minimum absolute atomic E-state index is 0.0889. The Morgan fingerprint density at radius 2 is 1.61 bits per heavy atom. The second-order valence-corrected chi connectivity index (χ2v) is 7.72. The molecule has 0 aromatic heterocycles. The highest BCUT2D eigenvalue weighted by atomic mass is 31.1. The third-order valence-electron chi connectivity index (χ3n) is 4.18. The number of phenols is 1. The van der Waals surface area contributed by atoms with Crippen LogP contribution in [0.1, 0.15) is 37.0 Å². The van der Waals surface area contributed by atoms with Gasteiger partial charge in [-0.1, -0.05) is 58.8 Å². The van der Waals surface area contributed by atoms with Gasteiger partial charge in [-0.05, 0) is 30.3 Å². The van der Waals surface area contributed by atoms with Crippen molar-refractivity contribution in [3.05, 3.63) is 59.2 Å². The molecule has 5 heteroatoms. The molecule has 0 radical (unpaired) electrons. The van der Waals surface area contributed by atoms with E-state index in [2.05, 4.69) is 0 Å². The summed E-state index contributed by atoms with van der Waals surface area (Å²) in [4.78, 5) is 0. The van der Waals surface area contributed by atoms with Crippen LogP contribution in [-0.4, -0.2) is 5.11 Å². The van der Waals surface area contributed by atoms with E-state index in [4.69, 9.17) is 0 Å². The summed E-state index contributed by atoms with van der Waals surface area (Å²) < 4.78 is 39.7. The Balaban J connectivity index is 2.50. The Labute approximate surface area is 136 Å². The number of aryl methyl sites for hydroxylation is 1. The smallest absolute Gasteiger partial charge is 0.417 e. The first-order chi connectivity index (χ1) is 10.7. The van der Waals surface area contributed by atoms with Crippen LogP contribution < -0.4 is 5.30 Å².